The summed E-state index contributed by atoms with van der Waals surface area (Å²) in [6.45, 7) is 0. The normalized spacial score (nSPS) is 15.1. The van der Waals surface area contributed by atoms with Gasteiger partial charge in [0.2, 0.25) is 0 Å². The van der Waals surface area contributed by atoms with E-state index in [2.05, 4.69) is 10.3 Å². The second-order valence-electron chi connectivity index (χ2n) is 7.29. The van der Waals surface area contributed by atoms with Gasteiger partial charge in [0.25, 0.3) is 11.8 Å². The number of carbonyl (C=O) groups is 2. The van der Waals surface area contributed by atoms with Crippen molar-refractivity contribution in [2.75, 3.05) is 4.90 Å². The monoisotopic (exact) mass is 451 g/mol. The quantitative estimate of drug-likeness (QED) is 0.273. The summed E-state index contributed by atoms with van der Waals surface area (Å²) >= 11 is 5.30. The summed E-state index contributed by atoms with van der Waals surface area (Å²) in [4.78, 5) is 31.6. The predicted molar refractivity (Wildman–Crippen MR) is 131 cm³/mol. The highest BCUT2D eigenvalue weighted by Gasteiger charge is 2.34. The van der Waals surface area contributed by atoms with Gasteiger partial charge >= 0.3 is 0 Å². The Hall–Kier alpha value is -4.36. The first-order chi connectivity index (χ1) is 16.1. The summed E-state index contributed by atoms with van der Waals surface area (Å²) in [6.07, 6.45) is 3.22. The number of pyridine rings is 1. The number of ether oxygens (including phenoxy) is 1. The molecular weight excluding hydrogens is 434 g/mol. The van der Waals surface area contributed by atoms with Gasteiger partial charge in [0.1, 0.15) is 17.1 Å². The van der Waals surface area contributed by atoms with Gasteiger partial charge in [-0.1, -0.05) is 42.5 Å². The number of thiocarbonyl (C=S) groups is 1. The molecule has 6 nitrogen and oxygen atoms in total. The van der Waals surface area contributed by atoms with Crippen molar-refractivity contribution in [2.45, 2.75) is 0 Å². The van der Waals surface area contributed by atoms with E-state index in [1.165, 1.54) is 4.90 Å². The molecule has 160 valence electrons. The SMILES string of the molecule is O=C1NC(=S)N(c2ccc(Oc3ccccc3)cc2)C(=O)/C1=C/c1cccc2cccnc12. The average Bonchev–Trinajstić information content (AvgIpc) is 2.83. The standard InChI is InChI=1S/C26H17N3O3S/c30-24-22(16-18-7-4-6-17-8-5-15-27-23(17)18)25(31)29(26(33)28-24)19-11-13-21(14-12-19)32-20-9-2-1-3-10-20/h1-16H,(H,28,30,33)/b22-16+. The van der Waals surface area contributed by atoms with E-state index in [1.54, 1.807) is 36.5 Å². The molecule has 0 atom stereocenters. The summed E-state index contributed by atoms with van der Waals surface area (Å²) in [5, 5.41) is 3.55. The number of fused-ring (bicyclic) bond motifs is 1. The van der Waals surface area contributed by atoms with Gasteiger partial charge in [-0.25, -0.2) is 0 Å². The number of rotatable bonds is 4. The zero-order valence-corrected chi connectivity index (χ0v) is 18.1. The molecule has 0 spiro atoms. The predicted octanol–water partition coefficient (Wildman–Crippen LogP) is 4.86. The maximum absolute atomic E-state index is 13.3. The molecule has 2 amide bonds. The maximum Gasteiger partial charge on any atom is 0.270 e. The van der Waals surface area contributed by atoms with Gasteiger partial charge in [-0.2, -0.15) is 0 Å². The van der Waals surface area contributed by atoms with E-state index in [0.717, 1.165) is 5.39 Å². The largest absolute Gasteiger partial charge is 0.457 e. The fourth-order valence-corrected chi connectivity index (χ4v) is 3.86. The highest BCUT2D eigenvalue weighted by atomic mass is 32.1. The Bertz CT molecular complexity index is 1410. The van der Waals surface area contributed by atoms with Crippen molar-refractivity contribution in [2.24, 2.45) is 0 Å². The Morgan fingerprint density at radius 1 is 0.848 bits per heavy atom. The van der Waals surface area contributed by atoms with Crippen LogP contribution in [-0.2, 0) is 9.59 Å². The lowest BCUT2D eigenvalue weighted by molar-refractivity contribution is -0.122. The molecule has 0 aliphatic carbocycles. The first kappa shape index (κ1) is 20.5. The summed E-state index contributed by atoms with van der Waals surface area (Å²) < 4.78 is 5.81. The Labute approximate surface area is 195 Å². The number of hydrogen-bond acceptors (Lipinski definition) is 5. The number of nitrogens with one attached hydrogen (secondary N) is 1. The minimum absolute atomic E-state index is 0.0219. The van der Waals surface area contributed by atoms with Gasteiger partial charge in [-0.15, -0.1) is 0 Å². The van der Waals surface area contributed by atoms with Crippen LogP contribution >= 0.6 is 12.2 Å². The minimum atomic E-state index is -0.543. The van der Waals surface area contributed by atoms with Crippen LogP contribution in [0.25, 0.3) is 17.0 Å². The zero-order valence-electron chi connectivity index (χ0n) is 17.3. The summed E-state index contributed by atoms with van der Waals surface area (Å²) in [5.74, 6) is 0.268. The fraction of sp³-hybridized carbons (Fsp3) is 0. The van der Waals surface area contributed by atoms with Crippen molar-refractivity contribution in [3.63, 3.8) is 0 Å². The third-order valence-corrected chi connectivity index (χ3v) is 5.42. The van der Waals surface area contributed by atoms with Crippen molar-refractivity contribution in [3.8, 4) is 11.5 Å². The van der Waals surface area contributed by atoms with E-state index in [4.69, 9.17) is 17.0 Å². The molecule has 3 aromatic carbocycles. The van der Waals surface area contributed by atoms with Gasteiger partial charge in [0, 0.05) is 17.1 Å². The summed E-state index contributed by atoms with van der Waals surface area (Å²) in [7, 11) is 0. The van der Waals surface area contributed by atoms with E-state index in [0.29, 0.717) is 28.3 Å². The topological polar surface area (TPSA) is 71.5 Å². The van der Waals surface area contributed by atoms with E-state index in [9.17, 15) is 9.59 Å². The number of aromatic nitrogens is 1. The van der Waals surface area contributed by atoms with Crippen molar-refractivity contribution >= 4 is 51.8 Å². The zero-order chi connectivity index (χ0) is 22.8. The molecule has 0 unspecified atom stereocenters. The third kappa shape index (κ3) is 4.09. The Morgan fingerprint density at radius 2 is 1.58 bits per heavy atom. The molecule has 1 saturated heterocycles. The number of nitrogens with zero attached hydrogens (tertiary/aromatic N) is 2. The molecule has 33 heavy (non-hydrogen) atoms. The van der Waals surface area contributed by atoms with Crippen LogP contribution in [0.3, 0.4) is 0 Å². The summed E-state index contributed by atoms with van der Waals surface area (Å²) in [5.41, 5.74) is 1.87. The highest BCUT2D eigenvalue weighted by molar-refractivity contribution is 7.80. The van der Waals surface area contributed by atoms with Gasteiger partial charge in [-0.05, 0) is 60.8 Å². The number of amides is 2. The molecule has 7 heteroatoms. The molecule has 0 radical (unpaired) electrons. The molecule has 0 bridgehead atoms. The van der Waals surface area contributed by atoms with Crippen molar-refractivity contribution < 1.29 is 14.3 Å². The van der Waals surface area contributed by atoms with Crippen LogP contribution in [0.5, 0.6) is 11.5 Å². The molecule has 1 aliphatic rings. The van der Waals surface area contributed by atoms with E-state index in [1.807, 2.05) is 60.7 Å². The lowest BCUT2D eigenvalue weighted by Crippen LogP contribution is -2.54. The molecule has 2 heterocycles. The number of hydrogen-bond donors (Lipinski definition) is 1. The van der Waals surface area contributed by atoms with Crippen LogP contribution in [0, 0.1) is 0 Å². The number of carbonyl (C=O) groups excluding carboxylic acids is 2. The van der Waals surface area contributed by atoms with Crippen molar-refractivity contribution in [3.05, 3.63) is 102 Å². The van der Waals surface area contributed by atoms with Crippen LogP contribution < -0.4 is 15.0 Å². The van der Waals surface area contributed by atoms with Crippen molar-refractivity contribution in [1.82, 2.24) is 10.3 Å². The molecule has 1 aliphatic heterocycles. The lowest BCUT2D eigenvalue weighted by Gasteiger charge is -2.29. The van der Waals surface area contributed by atoms with E-state index in [-0.39, 0.29) is 10.7 Å². The summed E-state index contributed by atoms with van der Waals surface area (Å²) in [6, 6.07) is 25.7. The van der Waals surface area contributed by atoms with E-state index >= 15 is 0 Å². The Balaban J connectivity index is 1.46. The number of benzene rings is 3. The van der Waals surface area contributed by atoms with Crippen LogP contribution in [0.4, 0.5) is 5.69 Å². The van der Waals surface area contributed by atoms with Crippen LogP contribution in [0.1, 0.15) is 5.56 Å². The third-order valence-electron chi connectivity index (χ3n) is 5.14. The molecule has 1 aromatic heterocycles. The van der Waals surface area contributed by atoms with Gasteiger partial charge < -0.3 is 4.74 Å². The van der Waals surface area contributed by atoms with Gasteiger partial charge in [0.15, 0.2) is 5.11 Å². The Morgan fingerprint density at radius 3 is 2.36 bits per heavy atom. The highest BCUT2D eigenvalue weighted by Crippen LogP contribution is 2.27. The lowest BCUT2D eigenvalue weighted by atomic mass is 10.0. The first-order valence-electron chi connectivity index (χ1n) is 10.2. The van der Waals surface area contributed by atoms with Crippen LogP contribution in [-0.4, -0.2) is 21.9 Å². The molecule has 0 saturated carbocycles. The van der Waals surface area contributed by atoms with Gasteiger partial charge in [-0.3, -0.25) is 24.8 Å². The number of para-hydroxylation sites is 2. The second kappa shape index (κ2) is 8.64. The molecule has 1 fully saturated rings. The van der Waals surface area contributed by atoms with Crippen molar-refractivity contribution in [1.29, 1.82) is 0 Å². The first-order valence-corrected chi connectivity index (χ1v) is 10.6. The fourth-order valence-electron chi connectivity index (χ4n) is 3.58. The van der Waals surface area contributed by atoms with E-state index < -0.39 is 11.8 Å². The number of anilines is 1. The second-order valence-corrected chi connectivity index (χ2v) is 7.68. The van der Waals surface area contributed by atoms with Crippen LogP contribution in [0.2, 0.25) is 0 Å². The minimum Gasteiger partial charge on any atom is -0.457 e. The Kier molecular flexibility index (Phi) is 5.38. The average molecular weight is 452 g/mol. The molecule has 4 aromatic rings. The smallest absolute Gasteiger partial charge is 0.270 e. The molecule has 1 N–H and O–H groups in total. The molecular formula is C26H17N3O3S. The molecule has 5 rings (SSSR count). The van der Waals surface area contributed by atoms with Crippen LogP contribution in [0.15, 0.2) is 96.7 Å². The van der Waals surface area contributed by atoms with Gasteiger partial charge in [0.05, 0.1) is 11.2 Å². The maximum atomic E-state index is 13.3.